The van der Waals surface area contributed by atoms with E-state index in [1.165, 1.54) is 6.42 Å². The second kappa shape index (κ2) is 6.12. The summed E-state index contributed by atoms with van der Waals surface area (Å²) in [6.07, 6.45) is 5.25. The van der Waals surface area contributed by atoms with E-state index in [4.69, 9.17) is 15.3 Å². The van der Waals surface area contributed by atoms with Gasteiger partial charge in [0.05, 0.1) is 24.9 Å². The second-order valence-electron chi connectivity index (χ2n) is 5.80. The Balaban J connectivity index is 1.82. The van der Waals surface area contributed by atoms with Crippen LogP contribution in [-0.2, 0) is 4.74 Å². The monoisotopic (exact) mass is 276 g/mol. The first-order valence-corrected chi connectivity index (χ1v) is 7.66. The molecule has 0 radical (unpaired) electrons. The summed E-state index contributed by atoms with van der Waals surface area (Å²) in [5, 5.41) is 0. The van der Waals surface area contributed by atoms with Gasteiger partial charge in [-0.15, -0.1) is 0 Å². The lowest BCUT2D eigenvalue weighted by molar-refractivity contribution is 0.0854. The SMILES string of the molecule is CCCOc1ccccc1C(NN)C1CC2CCC1O2. The highest BCUT2D eigenvalue weighted by atomic mass is 16.5. The third-order valence-electron chi connectivity index (χ3n) is 4.48. The van der Waals surface area contributed by atoms with Crippen molar-refractivity contribution in [2.75, 3.05) is 6.61 Å². The Labute approximate surface area is 120 Å². The number of hydrogen-bond donors (Lipinski definition) is 2. The average molecular weight is 276 g/mol. The van der Waals surface area contributed by atoms with Gasteiger partial charge in [-0.25, -0.2) is 0 Å². The molecule has 4 heteroatoms. The van der Waals surface area contributed by atoms with Crippen LogP contribution in [0, 0.1) is 5.92 Å². The Kier molecular flexibility index (Phi) is 4.24. The van der Waals surface area contributed by atoms with Gasteiger partial charge in [0.1, 0.15) is 5.75 Å². The van der Waals surface area contributed by atoms with Crippen LogP contribution in [0.15, 0.2) is 24.3 Å². The van der Waals surface area contributed by atoms with E-state index < -0.39 is 0 Å². The number of nitrogens with two attached hydrogens (primary N) is 1. The highest BCUT2D eigenvalue weighted by molar-refractivity contribution is 5.36. The lowest BCUT2D eigenvalue weighted by Gasteiger charge is -2.29. The molecular weight excluding hydrogens is 252 g/mol. The fourth-order valence-corrected chi connectivity index (χ4v) is 3.55. The predicted octanol–water partition coefficient (Wildman–Crippen LogP) is 2.55. The largest absolute Gasteiger partial charge is 0.493 e. The molecule has 2 saturated heterocycles. The first kappa shape index (κ1) is 13.9. The van der Waals surface area contributed by atoms with Gasteiger partial charge in [-0.1, -0.05) is 25.1 Å². The van der Waals surface area contributed by atoms with Crippen LogP contribution in [0.3, 0.4) is 0 Å². The summed E-state index contributed by atoms with van der Waals surface area (Å²) in [5.41, 5.74) is 4.16. The number of fused-ring (bicyclic) bond motifs is 2. The quantitative estimate of drug-likeness (QED) is 0.619. The molecule has 110 valence electrons. The normalized spacial score (nSPS) is 29.6. The van der Waals surface area contributed by atoms with E-state index in [-0.39, 0.29) is 6.04 Å². The maximum atomic E-state index is 5.97. The Hall–Kier alpha value is -1.10. The van der Waals surface area contributed by atoms with E-state index in [0.717, 1.165) is 37.2 Å². The zero-order valence-electron chi connectivity index (χ0n) is 12.0. The summed E-state index contributed by atoms with van der Waals surface area (Å²) in [5.74, 6) is 7.25. The van der Waals surface area contributed by atoms with Gasteiger partial charge in [0, 0.05) is 11.5 Å². The zero-order valence-corrected chi connectivity index (χ0v) is 12.0. The van der Waals surface area contributed by atoms with Gasteiger partial charge < -0.3 is 9.47 Å². The number of hydrazine groups is 1. The summed E-state index contributed by atoms with van der Waals surface area (Å²) >= 11 is 0. The minimum Gasteiger partial charge on any atom is -0.493 e. The van der Waals surface area contributed by atoms with E-state index in [2.05, 4.69) is 18.4 Å². The number of hydrogen-bond acceptors (Lipinski definition) is 4. The minimum atomic E-state index is 0.110. The van der Waals surface area contributed by atoms with Crippen molar-refractivity contribution in [2.45, 2.75) is 50.9 Å². The van der Waals surface area contributed by atoms with E-state index in [0.29, 0.717) is 18.1 Å². The van der Waals surface area contributed by atoms with Gasteiger partial charge in [0.25, 0.3) is 0 Å². The molecule has 3 rings (SSSR count). The predicted molar refractivity (Wildman–Crippen MR) is 78.3 cm³/mol. The van der Waals surface area contributed by atoms with Crippen LogP contribution >= 0.6 is 0 Å². The maximum Gasteiger partial charge on any atom is 0.124 e. The van der Waals surface area contributed by atoms with E-state index in [9.17, 15) is 0 Å². The highest BCUT2D eigenvalue weighted by Gasteiger charge is 2.45. The van der Waals surface area contributed by atoms with Gasteiger partial charge >= 0.3 is 0 Å². The van der Waals surface area contributed by atoms with Crippen LogP contribution in [0.1, 0.15) is 44.2 Å². The summed E-state index contributed by atoms with van der Waals surface area (Å²) in [4.78, 5) is 0. The summed E-state index contributed by atoms with van der Waals surface area (Å²) in [7, 11) is 0. The molecule has 1 aromatic carbocycles. The summed E-state index contributed by atoms with van der Waals surface area (Å²) in [6, 6.07) is 8.31. The van der Waals surface area contributed by atoms with Crippen molar-refractivity contribution in [3.05, 3.63) is 29.8 Å². The number of para-hydroxylation sites is 1. The molecule has 1 aromatic rings. The minimum absolute atomic E-state index is 0.110. The second-order valence-corrected chi connectivity index (χ2v) is 5.80. The smallest absolute Gasteiger partial charge is 0.124 e. The van der Waals surface area contributed by atoms with Crippen molar-refractivity contribution in [3.8, 4) is 5.75 Å². The third-order valence-corrected chi connectivity index (χ3v) is 4.48. The molecule has 2 aliphatic heterocycles. The van der Waals surface area contributed by atoms with Crippen LogP contribution in [0.2, 0.25) is 0 Å². The Morgan fingerprint density at radius 1 is 1.40 bits per heavy atom. The molecule has 2 aliphatic rings. The van der Waals surface area contributed by atoms with Crippen LogP contribution < -0.4 is 16.0 Å². The average Bonchev–Trinajstić information content (AvgIpc) is 3.10. The van der Waals surface area contributed by atoms with Crippen molar-refractivity contribution >= 4 is 0 Å². The molecule has 0 aliphatic carbocycles. The fraction of sp³-hybridized carbons (Fsp3) is 0.625. The zero-order chi connectivity index (χ0) is 13.9. The van der Waals surface area contributed by atoms with Gasteiger partial charge in [-0.3, -0.25) is 11.3 Å². The topological polar surface area (TPSA) is 56.5 Å². The van der Waals surface area contributed by atoms with Crippen molar-refractivity contribution in [1.82, 2.24) is 5.43 Å². The van der Waals surface area contributed by atoms with E-state index in [1.807, 2.05) is 18.2 Å². The number of benzene rings is 1. The Bertz CT molecular complexity index is 452. The Morgan fingerprint density at radius 2 is 2.25 bits per heavy atom. The summed E-state index contributed by atoms with van der Waals surface area (Å²) < 4.78 is 11.8. The fourth-order valence-electron chi connectivity index (χ4n) is 3.55. The van der Waals surface area contributed by atoms with Crippen molar-refractivity contribution < 1.29 is 9.47 Å². The summed E-state index contributed by atoms with van der Waals surface area (Å²) in [6.45, 7) is 2.85. The van der Waals surface area contributed by atoms with Crippen LogP contribution in [0.5, 0.6) is 5.75 Å². The number of rotatable bonds is 6. The van der Waals surface area contributed by atoms with E-state index in [1.54, 1.807) is 0 Å². The maximum absolute atomic E-state index is 5.97. The third kappa shape index (κ3) is 2.55. The Morgan fingerprint density at radius 3 is 2.90 bits per heavy atom. The molecular formula is C16H24N2O2. The molecule has 2 bridgehead atoms. The molecule has 3 N–H and O–H groups in total. The first-order valence-electron chi connectivity index (χ1n) is 7.66. The molecule has 2 heterocycles. The molecule has 0 amide bonds. The van der Waals surface area contributed by atoms with E-state index >= 15 is 0 Å². The van der Waals surface area contributed by atoms with Crippen LogP contribution in [-0.4, -0.2) is 18.8 Å². The van der Waals surface area contributed by atoms with Crippen LogP contribution in [0.25, 0.3) is 0 Å². The van der Waals surface area contributed by atoms with Crippen molar-refractivity contribution in [3.63, 3.8) is 0 Å². The van der Waals surface area contributed by atoms with Crippen molar-refractivity contribution in [2.24, 2.45) is 11.8 Å². The molecule has 4 atom stereocenters. The first-order chi connectivity index (χ1) is 9.83. The van der Waals surface area contributed by atoms with Crippen molar-refractivity contribution in [1.29, 1.82) is 0 Å². The van der Waals surface area contributed by atoms with Crippen LogP contribution in [0.4, 0.5) is 0 Å². The lowest BCUT2D eigenvalue weighted by Crippen LogP contribution is -2.37. The molecule has 4 unspecified atom stereocenters. The molecule has 20 heavy (non-hydrogen) atoms. The molecule has 0 spiro atoms. The molecule has 4 nitrogen and oxygen atoms in total. The van der Waals surface area contributed by atoms with Gasteiger partial charge in [0.15, 0.2) is 0 Å². The van der Waals surface area contributed by atoms with Gasteiger partial charge in [-0.05, 0) is 31.7 Å². The van der Waals surface area contributed by atoms with Gasteiger partial charge in [-0.2, -0.15) is 0 Å². The molecule has 0 saturated carbocycles. The standard InChI is InChI=1S/C16H24N2O2/c1-2-9-19-14-6-4-3-5-12(14)16(18-17)13-10-11-7-8-15(13)20-11/h3-6,11,13,15-16,18H,2,7-10,17H2,1H3. The van der Waals surface area contributed by atoms with Gasteiger partial charge in [0.2, 0.25) is 0 Å². The lowest BCUT2D eigenvalue weighted by atomic mass is 9.81. The highest BCUT2D eigenvalue weighted by Crippen LogP contribution is 2.45. The molecule has 2 fully saturated rings. The number of nitrogens with one attached hydrogen (secondary N) is 1. The molecule has 0 aromatic heterocycles. The number of ether oxygens (including phenoxy) is 2.